The number of nitrogens with zero attached hydrogens (tertiary/aromatic N) is 2. The Morgan fingerprint density at radius 1 is 1.18 bits per heavy atom. The lowest BCUT2D eigenvalue weighted by Gasteiger charge is -2.27. The third-order valence-corrected chi connectivity index (χ3v) is 8.99. The Hall–Kier alpha value is -2.23. The zero-order valence-electron chi connectivity index (χ0n) is 18.3. The van der Waals surface area contributed by atoms with Gasteiger partial charge in [0.2, 0.25) is 5.91 Å². The number of anilines is 1. The number of nitrogens with one attached hydrogen (secondary N) is 1. The number of halogens is 1. The molecular formula is C23H28ClN3O5S. The van der Waals surface area contributed by atoms with Crippen LogP contribution in [0.1, 0.15) is 51.0 Å². The second-order valence-corrected chi connectivity index (χ2v) is 11.4. The zero-order chi connectivity index (χ0) is 23.4. The number of hydrogen-bond donors (Lipinski definition) is 1. The van der Waals surface area contributed by atoms with Gasteiger partial charge in [-0.25, -0.2) is 13.4 Å². The van der Waals surface area contributed by atoms with Crippen LogP contribution in [0, 0.1) is 5.92 Å². The van der Waals surface area contributed by atoms with E-state index in [1.165, 1.54) is 23.0 Å². The number of carbonyl (C=O) groups is 1. The first-order valence-electron chi connectivity index (χ1n) is 11.3. The summed E-state index contributed by atoms with van der Waals surface area (Å²) < 4.78 is 32.6. The molecule has 4 rings (SSSR count). The van der Waals surface area contributed by atoms with E-state index in [1.54, 1.807) is 12.1 Å². The first-order chi connectivity index (χ1) is 15.8. The number of ether oxygens (including phenoxy) is 1. The van der Waals surface area contributed by atoms with Gasteiger partial charge in [0, 0.05) is 31.7 Å². The zero-order valence-corrected chi connectivity index (χ0v) is 19.9. The molecule has 3 heterocycles. The van der Waals surface area contributed by atoms with E-state index in [0.29, 0.717) is 43.3 Å². The molecule has 1 amide bonds. The fourth-order valence-electron chi connectivity index (χ4n) is 4.60. The van der Waals surface area contributed by atoms with Gasteiger partial charge in [0.05, 0.1) is 15.2 Å². The maximum Gasteiger partial charge on any atom is 0.252 e. The van der Waals surface area contributed by atoms with Crippen LogP contribution in [-0.2, 0) is 19.4 Å². The van der Waals surface area contributed by atoms with Gasteiger partial charge in [-0.05, 0) is 56.2 Å². The van der Waals surface area contributed by atoms with Crippen LogP contribution in [0.25, 0.3) is 0 Å². The molecule has 2 aromatic rings. The number of rotatable bonds is 7. The van der Waals surface area contributed by atoms with Crippen molar-refractivity contribution in [3.8, 4) is 0 Å². The molecule has 0 aromatic carbocycles. The third kappa shape index (κ3) is 5.65. The average Bonchev–Trinajstić information content (AvgIpc) is 3.36. The lowest BCUT2D eigenvalue weighted by Crippen LogP contribution is -2.35. The molecule has 8 nitrogen and oxygen atoms in total. The molecule has 0 spiro atoms. The van der Waals surface area contributed by atoms with Crippen molar-refractivity contribution < 1.29 is 17.9 Å². The molecule has 0 bridgehead atoms. The molecule has 1 saturated carbocycles. The van der Waals surface area contributed by atoms with E-state index in [0.717, 1.165) is 31.7 Å². The molecule has 33 heavy (non-hydrogen) atoms. The van der Waals surface area contributed by atoms with Gasteiger partial charge in [-0.3, -0.25) is 9.59 Å². The predicted molar refractivity (Wildman–Crippen MR) is 125 cm³/mol. The maximum absolute atomic E-state index is 13.2. The molecule has 178 valence electrons. The van der Waals surface area contributed by atoms with Gasteiger partial charge in [-0.15, -0.1) is 0 Å². The Morgan fingerprint density at radius 3 is 2.55 bits per heavy atom. The van der Waals surface area contributed by atoms with Crippen LogP contribution in [0.15, 0.2) is 46.3 Å². The maximum atomic E-state index is 13.2. The van der Waals surface area contributed by atoms with E-state index >= 15 is 0 Å². The smallest absolute Gasteiger partial charge is 0.252 e. The van der Waals surface area contributed by atoms with Crippen LogP contribution in [0.4, 0.5) is 5.82 Å². The van der Waals surface area contributed by atoms with Crippen LogP contribution in [0.3, 0.4) is 0 Å². The van der Waals surface area contributed by atoms with Crippen LogP contribution in [-0.4, -0.2) is 42.3 Å². The molecule has 1 N–H and O–H groups in total. The summed E-state index contributed by atoms with van der Waals surface area (Å²) in [6.07, 6.45) is 7.90. The highest BCUT2D eigenvalue weighted by Crippen LogP contribution is 2.30. The van der Waals surface area contributed by atoms with Crippen LogP contribution in [0.5, 0.6) is 0 Å². The second-order valence-electron chi connectivity index (χ2n) is 8.72. The number of hydrogen-bond acceptors (Lipinski definition) is 6. The molecule has 2 aromatic heterocycles. The molecule has 10 heteroatoms. The van der Waals surface area contributed by atoms with E-state index in [4.69, 9.17) is 16.3 Å². The van der Waals surface area contributed by atoms with Crippen molar-refractivity contribution in [2.75, 3.05) is 18.5 Å². The Morgan fingerprint density at radius 2 is 1.91 bits per heavy atom. The van der Waals surface area contributed by atoms with E-state index < -0.39 is 26.7 Å². The Balaban J connectivity index is 1.61. The van der Waals surface area contributed by atoms with Crippen LogP contribution < -0.4 is 10.9 Å². The minimum atomic E-state index is -3.56. The Kier molecular flexibility index (Phi) is 7.51. The van der Waals surface area contributed by atoms with Crippen molar-refractivity contribution in [3.63, 3.8) is 0 Å². The summed E-state index contributed by atoms with van der Waals surface area (Å²) in [5.41, 5.74) is -0.509. The van der Waals surface area contributed by atoms with Crippen LogP contribution >= 0.6 is 11.6 Å². The summed E-state index contributed by atoms with van der Waals surface area (Å²) in [6, 6.07) is 5.00. The summed E-state index contributed by atoms with van der Waals surface area (Å²) in [6.45, 7) is 1.23. The monoisotopic (exact) mass is 493 g/mol. The number of amides is 1. The minimum Gasteiger partial charge on any atom is -0.381 e. The van der Waals surface area contributed by atoms with Gasteiger partial charge in [0.15, 0.2) is 9.84 Å². The average molecular weight is 494 g/mol. The van der Waals surface area contributed by atoms with E-state index in [-0.39, 0.29) is 16.7 Å². The molecule has 2 aliphatic rings. The van der Waals surface area contributed by atoms with Gasteiger partial charge >= 0.3 is 0 Å². The fourth-order valence-corrected chi connectivity index (χ4v) is 6.57. The number of aromatic nitrogens is 2. The summed E-state index contributed by atoms with van der Waals surface area (Å²) in [7, 11) is -3.56. The largest absolute Gasteiger partial charge is 0.381 e. The molecule has 1 saturated heterocycles. The molecule has 1 unspecified atom stereocenters. The van der Waals surface area contributed by atoms with Crippen LogP contribution in [0.2, 0.25) is 5.02 Å². The van der Waals surface area contributed by atoms with Gasteiger partial charge < -0.3 is 14.6 Å². The Labute approximate surface area is 198 Å². The Bertz CT molecular complexity index is 1140. The summed E-state index contributed by atoms with van der Waals surface area (Å²) in [5, 5.41) is 2.76. The van der Waals surface area contributed by atoms with Crippen molar-refractivity contribution in [1.29, 1.82) is 0 Å². The SMILES string of the molecule is O=C(Nc1ccc(Cl)cn1)C(CC1CCOCC1)n1ccc(S(=O)(=O)C2CCCC2)cc1=O. The lowest BCUT2D eigenvalue weighted by atomic mass is 9.92. The highest BCUT2D eigenvalue weighted by molar-refractivity contribution is 7.92. The summed E-state index contributed by atoms with van der Waals surface area (Å²) >= 11 is 5.87. The molecule has 1 atom stereocenters. The quantitative estimate of drug-likeness (QED) is 0.631. The molecule has 1 aliphatic heterocycles. The summed E-state index contributed by atoms with van der Waals surface area (Å²) in [4.78, 5) is 30.4. The molecule has 0 radical (unpaired) electrons. The number of sulfone groups is 1. The summed E-state index contributed by atoms with van der Waals surface area (Å²) in [5.74, 6) is 0.154. The van der Waals surface area contributed by atoms with E-state index in [2.05, 4.69) is 10.3 Å². The van der Waals surface area contributed by atoms with Gasteiger partial charge in [0.25, 0.3) is 5.56 Å². The fraction of sp³-hybridized carbons (Fsp3) is 0.522. The molecule has 1 aliphatic carbocycles. The van der Waals surface area contributed by atoms with Crippen molar-refractivity contribution >= 4 is 33.2 Å². The topological polar surface area (TPSA) is 107 Å². The van der Waals surface area contributed by atoms with E-state index in [9.17, 15) is 18.0 Å². The predicted octanol–water partition coefficient (Wildman–Crippen LogP) is 3.61. The van der Waals surface area contributed by atoms with Crippen molar-refractivity contribution in [2.24, 2.45) is 5.92 Å². The standard InChI is InChI=1S/C23H28ClN3O5S/c24-17-5-6-21(25-15-17)26-23(29)20(13-16-8-11-32-12-9-16)27-10-7-19(14-22(27)28)33(30,31)18-3-1-2-4-18/h5-7,10,14-16,18,20H,1-4,8-9,11-13H2,(H,25,26,29). The normalized spacial score (nSPS) is 18.8. The highest BCUT2D eigenvalue weighted by Gasteiger charge is 2.32. The van der Waals surface area contributed by atoms with E-state index in [1.807, 2.05) is 0 Å². The van der Waals surface area contributed by atoms with Gasteiger partial charge in [-0.2, -0.15) is 0 Å². The third-order valence-electron chi connectivity index (χ3n) is 6.50. The first-order valence-corrected chi connectivity index (χ1v) is 13.2. The molecular weight excluding hydrogens is 466 g/mol. The minimum absolute atomic E-state index is 0.0280. The van der Waals surface area contributed by atoms with Gasteiger partial charge in [0.1, 0.15) is 11.9 Å². The first kappa shape index (κ1) is 23.9. The highest BCUT2D eigenvalue weighted by atomic mass is 35.5. The number of carbonyl (C=O) groups excluding carboxylic acids is 1. The lowest BCUT2D eigenvalue weighted by molar-refractivity contribution is -0.120. The molecule has 2 fully saturated rings. The van der Waals surface area contributed by atoms with Crippen molar-refractivity contribution in [3.05, 3.63) is 52.0 Å². The second kappa shape index (κ2) is 10.4. The van der Waals surface area contributed by atoms with Gasteiger partial charge in [-0.1, -0.05) is 24.4 Å². The number of pyridine rings is 2. The van der Waals surface area contributed by atoms with Crippen molar-refractivity contribution in [1.82, 2.24) is 9.55 Å². The van der Waals surface area contributed by atoms with Crippen molar-refractivity contribution in [2.45, 2.75) is 61.1 Å².